The molecule has 4 rings (SSSR count). The summed E-state index contributed by atoms with van der Waals surface area (Å²) in [6.07, 6.45) is 0. The second-order valence-corrected chi connectivity index (χ2v) is 10.8. The Balaban J connectivity index is 1.58. The zero-order valence-corrected chi connectivity index (χ0v) is 19.9. The first-order chi connectivity index (χ1) is 15.7. The summed E-state index contributed by atoms with van der Waals surface area (Å²) < 4.78 is 27.9. The van der Waals surface area contributed by atoms with Crippen molar-refractivity contribution < 1.29 is 18.3 Å². The fourth-order valence-electron chi connectivity index (χ4n) is 4.73. The molecule has 2 aliphatic heterocycles. The molecular weight excluding hydrogens is 438 g/mol. The van der Waals surface area contributed by atoms with E-state index in [9.17, 15) is 18.3 Å². The molecule has 0 unspecified atom stereocenters. The number of fused-ring (bicyclic) bond motifs is 1. The van der Waals surface area contributed by atoms with Crippen molar-refractivity contribution in [3.8, 4) is 11.8 Å². The van der Waals surface area contributed by atoms with E-state index in [1.54, 1.807) is 36.1 Å². The van der Waals surface area contributed by atoms with Crippen LogP contribution in [-0.4, -0.2) is 86.0 Å². The first kappa shape index (κ1) is 23.5. The Morgan fingerprint density at radius 3 is 2.45 bits per heavy atom. The van der Waals surface area contributed by atoms with Gasteiger partial charge in [0.1, 0.15) is 0 Å². The molecule has 33 heavy (non-hydrogen) atoms. The summed E-state index contributed by atoms with van der Waals surface area (Å²) in [5.74, 6) is 5.81. The van der Waals surface area contributed by atoms with Gasteiger partial charge in [0, 0.05) is 18.0 Å². The molecule has 174 valence electrons. The Morgan fingerprint density at radius 2 is 1.82 bits per heavy atom. The molecule has 8 heteroatoms. The molecule has 0 aliphatic carbocycles. The minimum atomic E-state index is -3.80. The highest BCUT2D eigenvalue weighted by Gasteiger charge is 2.55. The normalized spacial score (nSPS) is 23.0. The number of hydrogen-bond donors (Lipinski definition) is 1. The van der Waals surface area contributed by atoms with Crippen molar-refractivity contribution in [2.75, 3.05) is 40.3 Å². The Hall–Kier alpha value is -2.70. The number of hydrogen-bond acceptors (Lipinski definition) is 5. The molecule has 2 aromatic carbocycles. The maximum absolute atomic E-state index is 13.3. The van der Waals surface area contributed by atoms with E-state index < -0.39 is 10.0 Å². The molecule has 0 aromatic heterocycles. The molecule has 0 bridgehead atoms. The van der Waals surface area contributed by atoms with Crippen LogP contribution in [0.25, 0.3) is 0 Å². The summed E-state index contributed by atoms with van der Waals surface area (Å²) in [5, 5.41) is 9.98. The lowest BCUT2D eigenvalue weighted by atomic mass is 9.74. The van der Waals surface area contributed by atoms with Crippen molar-refractivity contribution in [3.63, 3.8) is 0 Å². The number of aliphatic hydroxyl groups is 1. The summed E-state index contributed by atoms with van der Waals surface area (Å²) in [4.78, 5) is 16.8. The van der Waals surface area contributed by atoms with Gasteiger partial charge in [0.15, 0.2) is 0 Å². The van der Waals surface area contributed by atoms with Crippen LogP contribution < -0.4 is 0 Å². The van der Waals surface area contributed by atoms with Gasteiger partial charge in [-0.15, -0.1) is 0 Å². The molecule has 0 radical (unpaired) electrons. The van der Waals surface area contributed by atoms with Crippen LogP contribution >= 0.6 is 0 Å². The zero-order valence-electron chi connectivity index (χ0n) is 19.1. The lowest BCUT2D eigenvalue weighted by Gasteiger charge is -2.58. The van der Waals surface area contributed by atoms with Crippen LogP contribution in [0.15, 0.2) is 53.4 Å². The van der Waals surface area contributed by atoms with Crippen molar-refractivity contribution in [2.24, 2.45) is 0 Å². The van der Waals surface area contributed by atoms with Crippen LogP contribution in [0.3, 0.4) is 0 Å². The lowest BCUT2D eigenvalue weighted by molar-refractivity contribution is -0.158. The van der Waals surface area contributed by atoms with Crippen molar-refractivity contribution >= 4 is 15.9 Å². The maximum atomic E-state index is 13.3. The van der Waals surface area contributed by atoms with Crippen LogP contribution in [0.4, 0.5) is 0 Å². The van der Waals surface area contributed by atoms with E-state index in [1.807, 2.05) is 43.3 Å². The molecule has 3 atom stereocenters. The second-order valence-electron chi connectivity index (χ2n) is 8.87. The third-order valence-electron chi connectivity index (χ3n) is 6.36. The maximum Gasteiger partial charge on any atom is 0.243 e. The third kappa shape index (κ3) is 4.42. The van der Waals surface area contributed by atoms with Crippen molar-refractivity contribution in [1.82, 2.24) is 14.1 Å². The Morgan fingerprint density at radius 1 is 1.12 bits per heavy atom. The predicted molar refractivity (Wildman–Crippen MR) is 126 cm³/mol. The summed E-state index contributed by atoms with van der Waals surface area (Å²) >= 11 is 0. The van der Waals surface area contributed by atoms with Gasteiger partial charge in [-0.2, -0.15) is 4.31 Å². The lowest BCUT2D eigenvalue weighted by Crippen LogP contribution is -2.73. The third-order valence-corrected chi connectivity index (χ3v) is 8.33. The first-order valence-corrected chi connectivity index (χ1v) is 12.4. The van der Waals surface area contributed by atoms with E-state index in [0.717, 1.165) is 11.1 Å². The monoisotopic (exact) mass is 467 g/mol. The van der Waals surface area contributed by atoms with Crippen molar-refractivity contribution in [1.29, 1.82) is 0 Å². The van der Waals surface area contributed by atoms with Gasteiger partial charge < -0.3 is 10.0 Å². The van der Waals surface area contributed by atoms with Gasteiger partial charge in [0.25, 0.3) is 0 Å². The first-order valence-electron chi connectivity index (χ1n) is 11.0. The summed E-state index contributed by atoms with van der Waals surface area (Å²) in [7, 11) is 0.122. The van der Waals surface area contributed by atoms with Crippen molar-refractivity contribution in [2.45, 2.75) is 29.8 Å². The standard InChI is InChI=1S/C25H29N3O4S/c1-18-7-4-5-9-23(18)33(31,32)27-15-21-25(22(17-29)28(21)24(30)16-27)20-12-10-19(11-13-20)8-6-14-26(2)3/h4-5,7,9-13,21-22,25,29H,14-17H2,1-3H3/t21-,22+,25-/m0/s1. The average Bonchev–Trinajstić information content (AvgIpc) is 2.76. The molecule has 7 nitrogen and oxygen atoms in total. The quantitative estimate of drug-likeness (QED) is 0.670. The second kappa shape index (κ2) is 9.27. The molecular formula is C25H29N3O4S. The van der Waals surface area contributed by atoms with E-state index in [1.165, 1.54) is 4.31 Å². The van der Waals surface area contributed by atoms with Gasteiger partial charge in [-0.05, 0) is 50.3 Å². The molecule has 2 fully saturated rings. The number of carbonyl (C=O) groups is 1. The van der Waals surface area contributed by atoms with E-state index in [0.29, 0.717) is 12.1 Å². The number of aryl methyl sites for hydroxylation is 1. The number of benzene rings is 2. The molecule has 1 amide bonds. The average molecular weight is 468 g/mol. The van der Waals surface area contributed by atoms with E-state index in [-0.39, 0.29) is 48.5 Å². The van der Waals surface area contributed by atoms with Crippen LogP contribution in [-0.2, 0) is 14.8 Å². The van der Waals surface area contributed by atoms with Gasteiger partial charge in [-0.25, -0.2) is 8.42 Å². The van der Waals surface area contributed by atoms with Gasteiger partial charge >= 0.3 is 0 Å². The molecule has 2 aromatic rings. The van der Waals surface area contributed by atoms with E-state index >= 15 is 0 Å². The number of sulfonamides is 1. The molecule has 2 saturated heterocycles. The highest BCUT2D eigenvalue weighted by atomic mass is 32.2. The largest absolute Gasteiger partial charge is 0.394 e. The fraction of sp³-hybridized carbons (Fsp3) is 0.400. The van der Waals surface area contributed by atoms with Crippen LogP contribution in [0.5, 0.6) is 0 Å². The Kier molecular flexibility index (Phi) is 6.59. The predicted octanol–water partition coefficient (Wildman–Crippen LogP) is 1.27. The number of amides is 1. The molecule has 0 spiro atoms. The number of carbonyl (C=O) groups excluding carboxylic acids is 1. The number of piperazine rings is 1. The molecule has 2 heterocycles. The van der Waals surface area contributed by atoms with E-state index in [4.69, 9.17) is 0 Å². The minimum absolute atomic E-state index is 0.141. The Bertz CT molecular complexity index is 1200. The van der Waals surface area contributed by atoms with Gasteiger partial charge in [-0.3, -0.25) is 9.69 Å². The summed E-state index contributed by atoms with van der Waals surface area (Å²) in [6.45, 7) is 2.25. The van der Waals surface area contributed by atoms with Crippen LogP contribution in [0.1, 0.15) is 22.6 Å². The Labute approximate surface area is 195 Å². The number of aliphatic hydroxyl groups excluding tert-OH is 1. The van der Waals surface area contributed by atoms with Crippen LogP contribution in [0.2, 0.25) is 0 Å². The van der Waals surface area contributed by atoms with Gasteiger partial charge in [0.2, 0.25) is 15.9 Å². The topological polar surface area (TPSA) is 81.2 Å². The van der Waals surface area contributed by atoms with Gasteiger partial charge in [-0.1, -0.05) is 42.2 Å². The highest BCUT2D eigenvalue weighted by molar-refractivity contribution is 7.89. The smallest absolute Gasteiger partial charge is 0.243 e. The SMILES string of the molecule is Cc1ccccc1S(=O)(=O)N1CC(=O)N2[C@H](CO)[C@@H](c3ccc(C#CCN(C)C)cc3)[C@@H]2C1. The minimum Gasteiger partial charge on any atom is -0.394 e. The molecule has 1 N–H and O–H groups in total. The highest BCUT2D eigenvalue weighted by Crippen LogP contribution is 2.43. The molecule has 0 saturated carbocycles. The zero-order chi connectivity index (χ0) is 23.8. The van der Waals surface area contributed by atoms with E-state index in [2.05, 4.69) is 11.8 Å². The molecule has 2 aliphatic rings. The summed E-state index contributed by atoms with van der Waals surface area (Å²) in [5.41, 5.74) is 2.51. The number of rotatable bonds is 5. The number of nitrogens with zero attached hydrogens (tertiary/aromatic N) is 3. The fourth-order valence-corrected chi connectivity index (χ4v) is 6.36. The van der Waals surface area contributed by atoms with Crippen LogP contribution in [0, 0.1) is 18.8 Å². The van der Waals surface area contributed by atoms with Crippen molar-refractivity contribution in [3.05, 3.63) is 65.2 Å². The summed E-state index contributed by atoms with van der Waals surface area (Å²) in [6, 6.07) is 13.9. The van der Waals surface area contributed by atoms with Gasteiger partial charge in [0.05, 0.1) is 36.7 Å².